The summed E-state index contributed by atoms with van der Waals surface area (Å²) in [6.45, 7) is 0. The zero-order valence-electron chi connectivity index (χ0n) is 7.93. The van der Waals surface area contributed by atoms with Crippen molar-refractivity contribution < 1.29 is 13.2 Å². The van der Waals surface area contributed by atoms with Crippen LogP contribution in [-0.2, 0) is 0 Å². The fourth-order valence-electron chi connectivity index (χ4n) is 0.966. The van der Waals surface area contributed by atoms with Gasteiger partial charge in [0.25, 0.3) is 0 Å². The quantitative estimate of drug-likeness (QED) is 0.727. The molecule has 0 aromatic heterocycles. The van der Waals surface area contributed by atoms with Crippen molar-refractivity contribution in [3.8, 4) is 0 Å². The van der Waals surface area contributed by atoms with E-state index in [1.807, 2.05) is 0 Å². The van der Waals surface area contributed by atoms with E-state index in [0.29, 0.717) is 5.69 Å². The van der Waals surface area contributed by atoms with Crippen molar-refractivity contribution in [2.45, 2.75) is 10.4 Å². The first-order valence-electron chi connectivity index (χ1n) is 3.90. The van der Waals surface area contributed by atoms with Gasteiger partial charge < -0.3 is 5.73 Å². The smallest absolute Gasteiger partial charge is 0.399 e. The molecule has 0 bridgehead atoms. The average molecular weight is 223 g/mol. The zero-order valence-corrected chi connectivity index (χ0v) is 8.75. The van der Waals surface area contributed by atoms with Gasteiger partial charge in [0.2, 0.25) is 0 Å². The van der Waals surface area contributed by atoms with Crippen molar-refractivity contribution in [1.29, 1.82) is 0 Å². The van der Waals surface area contributed by atoms with Crippen LogP contribution in [0.15, 0.2) is 29.2 Å². The standard InChI is InChI=1S/C9H12F3NS/c1-14(2,9(10,11)12)8-5-3-4-7(13)6-8/h3-6H,13H2,1-2H3. The van der Waals surface area contributed by atoms with E-state index < -0.39 is 15.5 Å². The minimum absolute atomic E-state index is 0.269. The highest BCUT2D eigenvalue weighted by molar-refractivity contribution is 8.33. The second-order valence-electron chi connectivity index (χ2n) is 3.35. The predicted molar refractivity (Wildman–Crippen MR) is 54.6 cm³/mol. The van der Waals surface area contributed by atoms with Crippen LogP contribution in [0.1, 0.15) is 0 Å². The Hall–Kier alpha value is -0.840. The molecule has 0 atom stereocenters. The third kappa shape index (κ3) is 1.97. The molecule has 2 N–H and O–H groups in total. The molecule has 0 aliphatic rings. The van der Waals surface area contributed by atoms with Crippen LogP contribution in [0.2, 0.25) is 0 Å². The number of nitrogens with two attached hydrogens (primary N) is 1. The molecular weight excluding hydrogens is 211 g/mol. The SMILES string of the molecule is CS(C)(c1cccc(N)c1)C(F)(F)F. The summed E-state index contributed by atoms with van der Waals surface area (Å²) >= 11 is 0. The number of anilines is 1. The molecule has 5 heteroatoms. The summed E-state index contributed by atoms with van der Waals surface area (Å²) in [4.78, 5) is 0.269. The molecule has 0 aliphatic heterocycles. The topological polar surface area (TPSA) is 26.0 Å². The van der Waals surface area contributed by atoms with Crippen LogP contribution in [0.3, 0.4) is 0 Å². The van der Waals surface area contributed by atoms with Crippen LogP contribution < -0.4 is 5.73 Å². The summed E-state index contributed by atoms with van der Waals surface area (Å²) in [6.07, 6.45) is 2.45. The van der Waals surface area contributed by atoms with Gasteiger partial charge in [0.05, 0.1) is 0 Å². The maximum absolute atomic E-state index is 12.6. The van der Waals surface area contributed by atoms with Crippen LogP contribution in [0.5, 0.6) is 0 Å². The summed E-state index contributed by atoms with van der Waals surface area (Å²) < 4.78 is 37.9. The number of nitrogen functional groups attached to an aromatic ring is 1. The van der Waals surface area contributed by atoms with Crippen molar-refractivity contribution in [3.05, 3.63) is 24.3 Å². The Morgan fingerprint density at radius 1 is 1.21 bits per heavy atom. The van der Waals surface area contributed by atoms with E-state index in [9.17, 15) is 13.2 Å². The Morgan fingerprint density at radius 3 is 2.21 bits per heavy atom. The van der Waals surface area contributed by atoms with Gasteiger partial charge in [-0.3, -0.25) is 0 Å². The Bertz CT molecular complexity index is 333. The summed E-state index contributed by atoms with van der Waals surface area (Å²) in [5.74, 6) is 0. The second-order valence-corrected chi connectivity index (χ2v) is 6.93. The lowest BCUT2D eigenvalue weighted by atomic mass is 10.3. The minimum atomic E-state index is -4.18. The van der Waals surface area contributed by atoms with Crippen LogP contribution >= 0.6 is 10.0 Å². The van der Waals surface area contributed by atoms with Gasteiger partial charge in [-0.15, -0.1) is 10.0 Å². The number of alkyl halides is 3. The first-order valence-corrected chi connectivity index (χ1v) is 6.35. The summed E-state index contributed by atoms with van der Waals surface area (Å²) in [7, 11) is -2.78. The second kappa shape index (κ2) is 3.38. The molecule has 0 unspecified atom stereocenters. The molecule has 1 aromatic carbocycles. The molecule has 0 saturated carbocycles. The number of hydrogen-bond acceptors (Lipinski definition) is 1. The van der Waals surface area contributed by atoms with Crippen LogP contribution in [-0.4, -0.2) is 18.0 Å². The van der Waals surface area contributed by atoms with Crippen LogP contribution in [0.25, 0.3) is 0 Å². The molecule has 0 amide bonds. The molecule has 14 heavy (non-hydrogen) atoms. The Morgan fingerprint density at radius 2 is 1.79 bits per heavy atom. The average Bonchev–Trinajstić information content (AvgIpc) is 2.02. The molecule has 0 spiro atoms. The van der Waals surface area contributed by atoms with Gasteiger partial charge in [0.15, 0.2) is 0 Å². The third-order valence-corrected chi connectivity index (χ3v) is 4.62. The van der Waals surface area contributed by atoms with Crippen molar-refractivity contribution in [1.82, 2.24) is 0 Å². The maximum atomic E-state index is 12.6. The highest BCUT2D eigenvalue weighted by Gasteiger charge is 2.44. The fraction of sp³-hybridized carbons (Fsp3) is 0.333. The van der Waals surface area contributed by atoms with Crippen LogP contribution in [0, 0.1) is 0 Å². The molecule has 80 valence electrons. The molecule has 0 radical (unpaired) electrons. The molecular formula is C9H12F3NS. The molecule has 1 rings (SSSR count). The van der Waals surface area contributed by atoms with Crippen LogP contribution in [0.4, 0.5) is 18.9 Å². The van der Waals surface area contributed by atoms with E-state index in [1.54, 1.807) is 12.1 Å². The lowest BCUT2D eigenvalue weighted by Crippen LogP contribution is -2.18. The van der Waals surface area contributed by atoms with Gasteiger partial charge in [0.1, 0.15) is 0 Å². The summed E-state index contributed by atoms with van der Waals surface area (Å²) in [5.41, 5.74) is 1.63. The van der Waals surface area contributed by atoms with Gasteiger partial charge in [-0.2, -0.15) is 13.2 Å². The van der Waals surface area contributed by atoms with Gasteiger partial charge in [-0.05, 0) is 35.6 Å². The summed E-state index contributed by atoms with van der Waals surface area (Å²) in [6, 6.07) is 5.99. The Balaban J connectivity index is 3.16. The first kappa shape index (κ1) is 11.2. The molecule has 0 saturated heterocycles. The monoisotopic (exact) mass is 223 g/mol. The normalized spacial score (nSPS) is 14.1. The highest BCUT2D eigenvalue weighted by Crippen LogP contribution is 2.62. The molecule has 1 aromatic rings. The number of halogens is 3. The van der Waals surface area contributed by atoms with Gasteiger partial charge in [-0.25, -0.2) is 0 Å². The molecule has 0 aliphatic carbocycles. The van der Waals surface area contributed by atoms with Gasteiger partial charge in [0, 0.05) is 5.69 Å². The highest BCUT2D eigenvalue weighted by atomic mass is 32.3. The van der Waals surface area contributed by atoms with E-state index in [2.05, 4.69) is 0 Å². The van der Waals surface area contributed by atoms with E-state index in [0.717, 1.165) is 0 Å². The van der Waals surface area contributed by atoms with Gasteiger partial charge >= 0.3 is 5.51 Å². The lowest BCUT2D eigenvalue weighted by Gasteiger charge is -2.33. The first-order chi connectivity index (χ1) is 6.25. The van der Waals surface area contributed by atoms with E-state index in [1.165, 1.54) is 24.6 Å². The number of benzene rings is 1. The fourth-order valence-corrected chi connectivity index (χ4v) is 2.08. The molecule has 0 heterocycles. The Labute approximate surface area is 82.4 Å². The Kier molecular flexibility index (Phi) is 2.71. The lowest BCUT2D eigenvalue weighted by molar-refractivity contribution is -0.0375. The van der Waals surface area contributed by atoms with Crippen molar-refractivity contribution in [2.75, 3.05) is 18.2 Å². The van der Waals surface area contributed by atoms with Gasteiger partial charge in [-0.1, -0.05) is 6.07 Å². The van der Waals surface area contributed by atoms with E-state index >= 15 is 0 Å². The van der Waals surface area contributed by atoms with Crippen molar-refractivity contribution in [3.63, 3.8) is 0 Å². The third-order valence-electron chi connectivity index (χ3n) is 2.03. The largest absolute Gasteiger partial charge is 0.429 e. The van der Waals surface area contributed by atoms with E-state index in [-0.39, 0.29) is 4.90 Å². The maximum Gasteiger partial charge on any atom is 0.429 e. The zero-order chi connectivity index (χ0) is 11.0. The molecule has 1 nitrogen and oxygen atoms in total. The molecule has 0 fully saturated rings. The number of hydrogen-bond donors (Lipinski definition) is 1. The minimum Gasteiger partial charge on any atom is -0.399 e. The predicted octanol–water partition coefficient (Wildman–Crippen LogP) is 3.21. The number of rotatable bonds is 1. The van der Waals surface area contributed by atoms with Crippen molar-refractivity contribution >= 4 is 15.7 Å². The van der Waals surface area contributed by atoms with E-state index in [4.69, 9.17) is 5.73 Å². The van der Waals surface area contributed by atoms with Crippen molar-refractivity contribution in [2.24, 2.45) is 0 Å². The summed E-state index contributed by atoms with van der Waals surface area (Å²) in [5, 5.41) is 0.